The summed E-state index contributed by atoms with van der Waals surface area (Å²) in [6.45, 7) is 4.37. The first-order valence-corrected chi connectivity index (χ1v) is 19.0. The van der Waals surface area contributed by atoms with Gasteiger partial charge in [-0.05, 0) is 55.2 Å². The monoisotopic (exact) mass is 715 g/mol. The molecule has 0 aromatic heterocycles. The van der Waals surface area contributed by atoms with Crippen molar-refractivity contribution in [2.45, 2.75) is 88.2 Å². The lowest BCUT2D eigenvalue weighted by atomic mass is 9.88. The van der Waals surface area contributed by atoms with E-state index in [1.54, 1.807) is 0 Å². The van der Waals surface area contributed by atoms with Crippen molar-refractivity contribution < 1.29 is 47.2 Å². The van der Waals surface area contributed by atoms with Crippen LogP contribution in [0.1, 0.15) is 57.9 Å². The van der Waals surface area contributed by atoms with Gasteiger partial charge in [-0.25, -0.2) is 13.2 Å². The molecule has 274 valence electrons. The Morgan fingerprint density at radius 2 is 1.76 bits per heavy atom. The summed E-state index contributed by atoms with van der Waals surface area (Å²) in [6, 6.07) is 12.1. The van der Waals surface area contributed by atoms with Gasteiger partial charge in [0.15, 0.2) is 17.8 Å². The topological polar surface area (TPSA) is 164 Å². The molecule has 13 nitrogen and oxygen atoms in total. The lowest BCUT2D eigenvalue weighted by Crippen LogP contribution is -2.58. The molecular weight excluding hydrogens is 666 g/mol. The number of sulfonamides is 1. The largest absolute Gasteiger partial charge is 0.465 e. The maximum Gasteiger partial charge on any atom is 0.407 e. The van der Waals surface area contributed by atoms with E-state index in [1.165, 1.54) is 27.4 Å². The number of benzene rings is 2. The zero-order valence-electron chi connectivity index (χ0n) is 28.7. The summed E-state index contributed by atoms with van der Waals surface area (Å²) in [7, 11) is -4.25. The summed E-state index contributed by atoms with van der Waals surface area (Å²) in [4.78, 5) is 27.0. The van der Waals surface area contributed by atoms with E-state index in [0.29, 0.717) is 37.5 Å². The highest BCUT2D eigenvalue weighted by Gasteiger charge is 2.49. The zero-order valence-corrected chi connectivity index (χ0v) is 29.6. The van der Waals surface area contributed by atoms with E-state index in [0.717, 1.165) is 31.2 Å². The number of carbonyl (C=O) groups excluding carboxylic acids is 1. The van der Waals surface area contributed by atoms with Gasteiger partial charge in [0, 0.05) is 37.5 Å². The highest BCUT2D eigenvalue weighted by atomic mass is 32.2. The van der Waals surface area contributed by atoms with Crippen molar-refractivity contribution in [1.82, 2.24) is 14.5 Å². The van der Waals surface area contributed by atoms with Gasteiger partial charge in [0.25, 0.3) is 0 Å². The number of hydrogen-bond donors (Lipinski definition) is 3. The molecule has 3 heterocycles. The van der Waals surface area contributed by atoms with Crippen molar-refractivity contribution in [2.24, 2.45) is 17.3 Å². The summed E-state index contributed by atoms with van der Waals surface area (Å²) in [5.74, 6) is 0.576. The summed E-state index contributed by atoms with van der Waals surface area (Å²) in [5.41, 5.74) is 0.158. The lowest BCUT2D eigenvalue weighted by molar-refractivity contribution is -0.124. The van der Waals surface area contributed by atoms with Crippen LogP contribution in [-0.2, 0) is 30.7 Å². The lowest BCUT2D eigenvalue weighted by Gasteiger charge is -2.40. The second-order valence-corrected chi connectivity index (χ2v) is 16.5. The summed E-state index contributed by atoms with van der Waals surface area (Å²) >= 11 is 0. The van der Waals surface area contributed by atoms with Gasteiger partial charge in [0.2, 0.25) is 22.7 Å². The van der Waals surface area contributed by atoms with Gasteiger partial charge in [-0.1, -0.05) is 57.0 Å². The fourth-order valence-corrected chi connectivity index (χ4v) is 9.37. The summed E-state index contributed by atoms with van der Waals surface area (Å²) in [5, 5.41) is 25.8. The number of ether oxygens (including phenoxy) is 4. The van der Waals surface area contributed by atoms with Crippen molar-refractivity contribution >= 4 is 22.0 Å². The Balaban J connectivity index is 1.28. The quantitative estimate of drug-likeness (QED) is 0.247. The summed E-state index contributed by atoms with van der Waals surface area (Å²) < 4.78 is 52.6. The van der Waals surface area contributed by atoms with Crippen LogP contribution < -0.4 is 14.8 Å². The van der Waals surface area contributed by atoms with E-state index in [2.05, 4.69) is 5.32 Å². The highest BCUT2D eigenvalue weighted by Crippen LogP contribution is 2.38. The zero-order chi connectivity index (χ0) is 35.5. The van der Waals surface area contributed by atoms with E-state index in [9.17, 15) is 28.2 Å². The molecule has 2 amide bonds. The van der Waals surface area contributed by atoms with Crippen LogP contribution >= 0.6 is 0 Å². The molecule has 3 fully saturated rings. The molecule has 3 aliphatic heterocycles. The van der Waals surface area contributed by atoms with Crippen LogP contribution in [0.2, 0.25) is 0 Å². The number of rotatable bonds is 15. The maximum absolute atomic E-state index is 14.5. The van der Waals surface area contributed by atoms with Gasteiger partial charge in [-0.2, -0.15) is 4.31 Å². The number of nitrogens with zero attached hydrogens (tertiary/aromatic N) is 2. The minimum absolute atomic E-state index is 0.00363. The minimum Gasteiger partial charge on any atom is -0.465 e. The predicted molar refractivity (Wildman–Crippen MR) is 182 cm³/mol. The second-order valence-electron chi connectivity index (χ2n) is 14.6. The van der Waals surface area contributed by atoms with Crippen molar-refractivity contribution in [2.75, 3.05) is 39.6 Å². The molecule has 2 aromatic rings. The van der Waals surface area contributed by atoms with E-state index in [1.807, 2.05) is 44.2 Å². The van der Waals surface area contributed by atoms with E-state index < -0.39 is 46.0 Å². The normalized spacial score (nSPS) is 23.2. The molecule has 0 spiro atoms. The third kappa shape index (κ3) is 8.20. The van der Waals surface area contributed by atoms with Crippen LogP contribution in [0.25, 0.3) is 0 Å². The molecule has 5 atom stereocenters. The van der Waals surface area contributed by atoms with Gasteiger partial charge in [0.05, 0.1) is 36.3 Å². The van der Waals surface area contributed by atoms with Crippen LogP contribution in [-0.4, -0.2) is 104 Å². The Labute approximate surface area is 293 Å². The Morgan fingerprint density at radius 1 is 1.02 bits per heavy atom. The number of carboxylic acid groups (broad SMARTS) is 1. The van der Waals surface area contributed by atoms with Crippen LogP contribution in [0, 0.1) is 17.3 Å². The number of aliphatic hydroxyl groups excluding tert-OH is 1. The average Bonchev–Trinajstić information content (AvgIpc) is 3.90. The van der Waals surface area contributed by atoms with Crippen LogP contribution in [0.5, 0.6) is 11.5 Å². The molecule has 1 saturated carbocycles. The first-order chi connectivity index (χ1) is 23.9. The molecule has 2 saturated heterocycles. The van der Waals surface area contributed by atoms with Gasteiger partial charge in [-0.3, -0.25) is 9.69 Å². The van der Waals surface area contributed by atoms with Crippen molar-refractivity contribution in [3.05, 3.63) is 54.1 Å². The van der Waals surface area contributed by atoms with Crippen LogP contribution in [0.3, 0.4) is 0 Å². The van der Waals surface area contributed by atoms with Gasteiger partial charge in [-0.15, -0.1) is 0 Å². The molecule has 1 aliphatic carbocycles. The van der Waals surface area contributed by atoms with Gasteiger partial charge in [0.1, 0.15) is 0 Å². The number of fused-ring (bicyclic) bond motifs is 2. The molecule has 4 aliphatic rings. The Hall–Kier alpha value is -3.43. The minimum atomic E-state index is -4.25. The first kappa shape index (κ1) is 36.4. The van der Waals surface area contributed by atoms with E-state index in [4.69, 9.17) is 18.9 Å². The molecule has 6 rings (SSSR count). The third-order valence-electron chi connectivity index (χ3n) is 10.5. The Kier molecular flexibility index (Phi) is 11.2. The van der Waals surface area contributed by atoms with Crippen LogP contribution in [0.4, 0.5) is 4.79 Å². The molecule has 0 unspecified atom stereocenters. The predicted octanol–water partition coefficient (Wildman–Crippen LogP) is 3.84. The molecule has 50 heavy (non-hydrogen) atoms. The number of amides is 2. The standard InChI is InChI=1S/C36H49N3O10S/c1-36(2,15-16-37-33(41)25-10-6-7-11-25)22-38(50(44,45)26-12-13-31-32(19-26)49-23-48-31)20-30(40)28(18-24-8-4-3-5-9-24)39(35(42)43)29-21-47-34-27(29)14-17-46-34/h3-5,8-9,12-13,19,25,27-30,34,40H,6-7,10-11,14-18,20-23H2,1-2H3,(H,37,41)(H,42,43)/t27-,28-,29-,30+,34+/m0/s1. The first-order valence-electron chi connectivity index (χ1n) is 17.6. The van der Waals surface area contributed by atoms with Crippen molar-refractivity contribution in [3.63, 3.8) is 0 Å². The molecule has 0 radical (unpaired) electrons. The average molecular weight is 716 g/mol. The van der Waals surface area contributed by atoms with Crippen molar-refractivity contribution in [1.29, 1.82) is 0 Å². The molecule has 14 heteroatoms. The second kappa shape index (κ2) is 15.4. The van der Waals surface area contributed by atoms with E-state index in [-0.39, 0.29) is 55.5 Å². The van der Waals surface area contributed by atoms with Gasteiger partial charge < -0.3 is 34.5 Å². The third-order valence-corrected chi connectivity index (χ3v) is 12.3. The fraction of sp³-hybridized carbons (Fsp3) is 0.611. The number of nitrogens with one attached hydrogen (secondary N) is 1. The molecule has 2 aromatic carbocycles. The maximum atomic E-state index is 14.5. The number of carbonyl (C=O) groups is 2. The van der Waals surface area contributed by atoms with Gasteiger partial charge >= 0.3 is 6.09 Å². The fourth-order valence-electron chi connectivity index (χ4n) is 7.71. The molecular formula is C36H49N3O10S. The van der Waals surface area contributed by atoms with Crippen LogP contribution in [0.15, 0.2) is 53.4 Å². The Morgan fingerprint density at radius 3 is 2.50 bits per heavy atom. The molecule has 0 bridgehead atoms. The smallest absolute Gasteiger partial charge is 0.407 e. The van der Waals surface area contributed by atoms with Crippen molar-refractivity contribution in [3.8, 4) is 11.5 Å². The number of hydrogen-bond acceptors (Lipinski definition) is 9. The molecule has 3 N–H and O–H groups in total. The highest BCUT2D eigenvalue weighted by molar-refractivity contribution is 7.89. The SMILES string of the molecule is CC(C)(CCNC(=O)C1CCCC1)CN(C[C@@H](O)[C@H](Cc1ccccc1)N(C(=O)O)[C@H]1CO[C@H]2OCC[C@H]21)S(=O)(=O)c1ccc2c(c1)OCO2. The Bertz CT molecular complexity index is 1600. The number of aliphatic hydroxyl groups is 1. The van der Waals surface area contributed by atoms with E-state index >= 15 is 0 Å². The summed E-state index contributed by atoms with van der Waals surface area (Å²) in [6.07, 6.45) is 1.93.